The Morgan fingerprint density at radius 3 is 1.58 bits per heavy atom. The highest BCUT2D eigenvalue weighted by Gasteiger charge is 2.35. The lowest BCUT2D eigenvalue weighted by molar-refractivity contribution is 0.425. The molecule has 0 saturated carbocycles. The molecule has 0 aromatic heterocycles. The number of rotatable bonds is 2. The molecular weight excluding hydrogens is 395 g/mol. The van der Waals surface area contributed by atoms with E-state index in [0.29, 0.717) is 21.0 Å². The van der Waals surface area contributed by atoms with E-state index < -0.39 is 0 Å². The quantitative estimate of drug-likeness (QED) is 0.315. The minimum Gasteiger partial charge on any atom is -0.334 e. The lowest BCUT2D eigenvalue weighted by Gasteiger charge is -2.31. The van der Waals surface area contributed by atoms with Crippen LogP contribution in [0.1, 0.15) is 47.2 Å². The van der Waals surface area contributed by atoms with Crippen LogP contribution in [0.2, 0.25) is 0 Å². The average Bonchev–Trinajstić information content (AvgIpc) is 3.56. The molecular formula is C28H25N2P. The Labute approximate surface area is 185 Å². The van der Waals surface area contributed by atoms with Crippen LogP contribution < -0.4 is 0 Å². The second kappa shape index (κ2) is 6.84. The zero-order valence-electron chi connectivity index (χ0n) is 17.5. The highest BCUT2D eigenvalue weighted by atomic mass is 31.1. The molecule has 0 N–H and O–H groups in total. The first-order chi connectivity index (χ1) is 15.4. The van der Waals surface area contributed by atoms with Crippen molar-refractivity contribution >= 4 is 30.4 Å². The van der Waals surface area contributed by atoms with Crippen LogP contribution in [0.3, 0.4) is 0 Å². The molecule has 0 fully saturated rings. The molecule has 3 aliphatic rings. The molecule has 3 heteroatoms. The molecule has 152 valence electrons. The number of hydrogen-bond donors (Lipinski definition) is 0. The zero-order valence-corrected chi connectivity index (χ0v) is 18.5. The van der Waals surface area contributed by atoms with Crippen molar-refractivity contribution < 1.29 is 0 Å². The van der Waals surface area contributed by atoms with Crippen LogP contribution in [0.4, 0.5) is 0 Å². The summed E-state index contributed by atoms with van der Waals surface area (Å²) in [6.07, 6.45) is 9.55. The first-order valence-corrected chi connectivity index (χ1v) is 12.3. The summed E-state index contributed by atoms with van der Waals surface area (Å²) in [7, 11) is 0.681. The summed E-state index contributed by atoms with van der Waals surface area (Å²) < 4.78 is 5.22. The third-order valence-electron chi connectivity index (χ3n) is 7.45. The Balaban J connectivity index is 1.22. The lowest BCUT2D eigenvalue weighted by atomic mass is 9.99. The monoisotopic (exact) mass is 420 g/mol. The van der Waals surface area contributed by atoms with E-state index in [-0.39, 0.29) is 0 Å². The van der Waals surface area contributed by atoms with Gasteiger partial charge in [-0.2, -0.15) is 0 Å². The van der Waals surface area contributed by atoms with Gasteiger partial charge in [-0.05, 0) is 69.5 Å². The number of benzene rings is 4. The number of fused-ring (bicyclic) bond motifs is 6. The maximum Gasteiger partial charge on any atom is 0.0801 e. The molecule has 0 unspecified atom stereocenters. The van der Waals surface area contributed by atoms with Crippen LogP contribution in [0, 0.1) is 0 Å². The molecule has 2 aliphatic carbocycles. The van der Waals surface area contributed by atoms with Crippen molar-refractivity contribution in [2.45, 2.75) is 37.8 Å². The predicted molar refractivity (Wildman–Crippen MR) is 131 cm³/mol. The number of nitrogens with zero attached hydrogens (tertiary/aromatic N) is 2. The summed E-state index contributed by atoms with van der Waals surface area (Å²) in [6.45, 7) is 0. The predicted octanol–water partition coefficient (Wildman–Crippen LogP) is 7.27. The van der Waals surface area contributed by atoms with Crippen LogP contribution in [0.25, 0.3) is 21.5 Å². The van der Waals surface area contributed by atoms with Gasteiger partial charge in [0.05, 0.1) is 21.0 Å². The molecule has 0 radical (unpaired) electrons. The zero-order chi connectivity index (χ0) is 20.4. The van der Waals surface area contributed by atoms with Crippen LogP contribution in [0.5, 0.6) is 0 Å². The fourth-order valence-corrected chi connectivity index (χ4v) is 7.35. The molecule has 0 bridgehead atoms. The molecule has 1 heterocycles. The van der Waals surface area contributed by atoms with Gasteiger partial charge in [0.2, 0.25) is 0 Å². The number of hydrogen-bond acceptors (Lipinski definition) is 2. The molecule has 7 rings (SSSR count). The van der Waals surface area contributed by atoms with E-state index in [1.807, 2.05) is 0 Å². The van der Waals surface area contributed by atoms with Gasteiger partial charge in [0.15, 0.2) is 0 Å². The first kappa shape index (κ1) is 17.8. The Bertz CT molecular complexity index is 1250. The van der Waals surface area contributed by atoms with E-state index in [0.717, 1.165) is 0 Å². The van der Waals surface area contributed by atoms with Crippen molar-refractivity contribution in [2.24, 2.45) is 0 Å². The van der Waals surface area contributed by atoms with E-state index in [2.05, 4.69) is 94.5 Å². The second-order valence-corrected chi connectivity index (χ2v) is 10.3. The van der Waals surface area contributed by atoms with Crippen LogP contribution in [0.15, 0.2) is 85.2 Å². The largest absolute Gasteiger partial charge is 0.334 e. The standard InChI is InChI=1S/C28H25N2P/c1-3-7-23-19(5-1)9-11-21-13-15-25(27(21)23)29-17-18-30(31-29)26-16-14-22-12-10-20-6-2-4-8-24(20)28(22)26/h1-12,17-18,25-26,31H,13-16H2/t25-,26-/m0/s1. The Hall–Kier alpha value is -2.83. The molecule has 0 saturated heterocycles. The maximum atomic E-state index is 2.61. The second-order valence-electron chi connectivity index (χ2n) is 9.04. The molecule has 4 aromatic carbocycles. The van der Waals surface area contributed by atoms with E-state index >= 15 is 0 Å². The van der Waals surface area contributed by atoms with Crippen LogP contribution >= 0.6 is 8.88 Å². The molecule has 0 spiro atoms. The lowest BCUT2D eigenvalue weighted by Crippen LogP contribution is -2.16. The SMILES string of the molecule is C1=CN([C@H]2CCc3ccc4ccccc4c32)PN1[C@H]1CCc2ccc3ccccc3c21. The van der Waals surface area contributed by atoms with E-state index in [4.69, 9.17) is 0 Å². The van der Waals surface area contributed by atoms with Gasteiger partial charge in [-0.25, -0.2) is 0 Å². The maximum absolute atomic E-state index is 2.61. The molecule has 4 aromatic rings. The fraction of sp³-hybridized carbons (Fsp3) is 0.214. The van der Waals surface area contributed by atoms with Crippen LogP contribution in [-0.4, -0.2) is 9.34 Å². The summed E-state index contributed by atoms with van der Waals surface area (Å²) in [5, 5.41) is 5.62. The van der Waals surface area contributed by atoms with Gasteiger partial charge in [0.1, 0.15) is 0 Å². The Kier molecular flexibility index (Phi) is 3.93. The van der Waals surface area contributed by atoms with Gasteiger partial charge in [-0.3, -0.25) is 0 Å². The van der Waals surface area contributed by atoms with Crippen LogP contribution in [-0.2, 0) is 12.8 Å². The van der Waals surface area contributed by atoms with Gasteiger partial charge >= 0.3 is 0 Å². The molecule has 0 amide bonds. The van der Waals surface area contributed by atoms with Gasteiger partial charge in [-0.15, -0.1) is 0 Å². The van der Waals surface area contributed by atoms with Gasteiger partial charge in [0.25, 0.3) is 0 Å². The Morgan fingerprint density at radius 2 is 1.06 bits per heavy atom. The fourth-order valence-electron chi connectivity index (χ4n) is 6.02. The normalized spacial score (nSPS) is 21.9. The summed E-state index contributed by atoms with van der Waals surface area (Å²) in [6, 6.07) is 28.1. The summed E-state index contributed by atoms with van der Waals surface area (Å²) in [5.41, 5.74) is 6.21. The molecule has 1 aliphatic heterocycles. The summed E-state index contributed by atoms with van der Waals surface area (Å²) in [4.78, 5) is 0. The summed E-state index contributed by atoms with van der Waals surface area (Å²) >= 11 is 0. The van der Waals surface area contributed by atoms with Crippen molar-refractivity contribution in [3.05, 3.63) is 107 Å². The van der Waals surface area contributed by atoms with Crippen molar-refractivity contribution in [1.29, 1.82) is 0 Å². The first-order valence-electron chi connectivity index (χ1n) is 11.4. The van der Waals surface area contributed by atoms with E-state index in [1.54, 1.807) is 11.1 Å². The average molecular weight is 420 g/mol. The van der Waals surface area contributed by atoms with Gasteiger partial charge < -0.3 is 9.34 Å². The molecule has 2 nitrogen and oxygen atoms in total. The van der Waals surface area contributed by atoms with Gasteiger partial charge in [0, 0.05) is 12.4 Å². The molecule has 2 atom stereocenters. The van der Waals surface area contributed by atoms with Crippen molar-refractivity contribution in [3.8, 4) is 0 Å². The Morgan fingerprint density at radius 1 is 0.581 bits per heavy atom. The van der Waals surface area contributed by atoms with Crippen molar-refractivity contribution in [2.75, 3.05) is 0 Å². The van der Waals surface area contributed by atoms with E-state index in [9.17, 15) is 0 Å². The smallest absolute Gasteiger partial charge is 0.0801 e. The highest BCUT2D eigenvalue weighted by molar-refractivity contribution is 7.33. The third-order valence-corrected chi connectivity index (χ3v) is 8.84. The van der Waals surface area contributed by atoms with Gasteiger partial charge in [-0.1, -0.05) is 72.8 Å². The number of aryl methyl sites for hydroxylation is 2. The van der Waals surface area contributed by atoms with Crippen molar-refractivity contribution in [3.63, 3.8) is 0 Å². The topological polar surface area (TPSA) is 6.48 Å². The molecule has 31 heavy (non-hydrogen) atoms. The third kappa shape index (κ3) is 2.68. The minimum atomic E-state index is 0.495. The highest BCUT2D eigenvalue weighted by Crippen LogP contribution is 2.52. The van der Waals surface area contributed by atoms with E-state index in [1.165, 1.54) is 58.4 Å². The van der Waals surface area contributed by atoms with Crippen molar-refractivity contribution in [1.82, 2.24) is 9.34 Å². The summed E-state index contributed by atoms with van der Waals surface area (Å²) in [5.74, 6) is 0. The minimum absolute atomic E-state index is 0.495.